The van der Waals surface area contributed by atoms with Gasteiger partial charge >= 0.3 is 5.97 Å². The average Bonchev–Trinajstić information content (AvgIpc) is 3.28. The summed E-state index contributed by atoms with van der Waals surface area (Å²) in [5.41, 5.74) is 1.82. The molecular formula is C18H17N3O3S. The summed E-state index contributed by atoms with van der Waals surface area (Å²) >= 11 is 1.39. The first-order valence-corrected chi connectivity index (χ1v) is 8.94. The minimum absolute atomic E-state index is 0.0614. The number of aryl methyl sites for hydroxylation is 1. The van der Waals surface area contributed by atoms with Crippen LogP contribution in [0.5, 0.6) is 0 Å². The van der Waals surface area contributed by atoms with Crippen LogP contribution >= 0.6 is 11.8 Å². The minimum Gasteiger partial charge on any atom is -0.469 e. The Morgan fingerprint density at radius 2 is 2.00 bits per heavy atom. The summed E-state index contributed by atoms with van der Waals surface area (Å²) in [6.07, 6.45) is 2.25. The highest BCUT2D eigenvalue weighted by Gasteiger charge is 2.34. The number of carbonyl (C=O) groups excluding carboxylic acids is 1. The fraction of sp³-hybridized carbons (Fsp3) is 0.278. The molecule has 0 radical (unpaired) electrons. The summed E-state index contributed by atoms with van der Waals surface area (Å²) in [6, 6.07) is 11.7. The number of ether oxygens (including phenoxy) is 1. The molecule has 1 aromatic carbocycles. The van der Waals surface area contributed by atoms with Gasteiger partial charge in [0.05, 0.1) is 11.8 Å². The van der Waals surface area contributed by atoms with E-state index in [-0.39, 0.29) is 17.3 Å². The van der Waals surface area contributed by atoms with E-state index in [4.69, 9.17) is 9.15 Å². The molecule has 4 rings (SSSR count). The maximum atomic E-state index is 12.0. The first kappa shape index (κ1) is 16.0. The molecule has 128 valence electrons. The molecule has 25 heavy (non-hydrogen) atoms. The molecule has 3 heterocycles. The lowest BCUT2D eigenvalue weighted by Crippen LogP contribution is -2.11. The van der Waals surface area contributed by atoms with E-state index in [9.17, 15) is 4.79 Å². The van der Waals surface area contributed by atoms with Crippen molar-refractivity contribution >= 4 is 17.7 Å². The first-order valence-electron chi connectivity index (χ1n) is 8.06. The molecular weight excluding hydrogens is 338 g/mol. The van der Waals surface area contributed by atoms with Gasteiger partial charge in [-0.1, -0.05) is 30.0 Å². The van der Waals surface area contributed by atoms with Crippen LogP contribution in [0.4, 0.5) is 0 Å². The predicted octanol–water partition coefficient (Wildman–Crippen LogP) is 3.63. The van der Waals surface area contributed by atoms with Crippen LogP contribution in [0.25, 0.3) is 17.1 Å². The lowest BCUT2D eigenvalue weighted by atomic mass is 10.2. The van der Waals surface area contributed by atoms with Crippen molar-refractivity contribution in [3.63, 3.8) is 0 Å². The Hall–Kier alpha value is -2.54. The molecule has 0 unspecified atom stereocenters. The molecule has 0 bridgehead atoms. The Bertz CT molecular complexity index is 903. The number of carbonyl (C=O) groups is 1. The number of cyclic esters (lactones) is 1. The van der Waals surface area contributed by atoms with Gasteiger partial charge in [-0.25, -0.2) is 0 Å². The van der Waals surface area contributed by atoms with Gasteiger partial charge in [-0.2, -0.15) is 0 Å². The van der Waals surface area contributed by atoms with Crippen molar-refractivity contribution in [2.45, 2.75) is 36.8 Å². The molecule has 7 heteroatoms. The molecule has 0 spiro atoms. The molecule has 0 aliphatic carbocycles. The number of hydrogen-bond donors (Lipinski definition) is 0. The topological polar surface area (TPSA) is 70.2 Å². The highest BCUT2D eigenvalue weighted by molar-refractivity contribution is 8.00. The Labute approximate surface area is 149 Å². The van der Waals surface area contributed by atoms with Crippen molar-refractivity contribution in [2.24, 2.45) is 0 Å². The molecule has 0 N–H and O–H groups in total. The first-order chi connectivity index (χ1) is 12.1. The zero-order valence-corrected chi connectivity index (χ0v) is 14.7. The summed E-state index contributed by atoms with van der Waals surface area (Å²) in [7, 11) is 0. The average molecular weight is 355 g/mol. The van der Waals surface area contributed by atoms with Crippen LogP contribution in [0.15, 0.2) is 52.2 Å². The highest BCUT2D eigenvalue weighted by atomic mass is 32.2. The Balaban J connectivity index is 1.79. The number of esters is 1. The Kier molecular flexibility index (Phi) is 4.09. The van der Waals surface area contributed by atoms with Crippen LogP contribution in [0.3, 0.4) is 0 Å². The number of hydrogen-bond acceptors (Lipinski definition) is 6. The van der Waals surface area contributed by atoms with Gasteiger partial charge in [-0.3, -0.25) is 9.36 Å². The largest absolute Gasteiger partial charge is 0.469 e. The van der Waals surface area contributed by atoms with Crippen LogP contribution in [0, 0.1) is 6.92 Å². The number of furan rings is 1. The second kappa shape index (κ2) is 6.40. The van der Waals surface area contributed by atoms with Gasteiger partial charge in [0, 0.05) is 12.1 Å². The smallest absolute Gasteiger partial charge is 0.319 e. The second-order valence-corrected chi connectivity index (χ2v) is 7.13. The molecule has 1 aliphatic heterocycles. The van der Waals surface area contributed by atoms with E-state index in [1.807, 2.05) is 54.8 Å². The van der Waals surface area contributed by atoms with Gasteiger partial charge in [0.2, 0.25) is 0 Å². The van der Waals surface area contributed by atoms with E-state index >= 15 is 0 Å². The standard InChI is InChI=1S/C18H17N3O3S/c1-11-10-15(17(22)24-11)25-18-20-19-16(14-8-9-23-12(14)2)21(18)13-6-4-3-5-7-13/h3-9,11,15H,10H2,1-2H3/t11-,15-/m1/s1. The third kappa shape index (κ3) is 2.95. The van der Waals surface area contributed by atoms with Crippen molar-refractivity contribution in [3.8, 4) is 17.1 Å². The van der Waals surface area contributed by atoms with Crippen LogP contribution in [0.1, 0.15) is 19.1 Å². The summed E-state index contributed by atoms with van der Waals surface area (Å²) in [4.78, 5) is 12.0. The van der Waals surface area contributed by atoms with Gasteiger partial charge in [-0.05, 0) is 32.0 Å². The summed E-state index contributed by atoms with van der Waals surface area (Å²) in [5, 5.41) is 9.10. The molecule has 1 saturated heterocycles. The maximum absolute atomic E-state index is 12.0. The van der Waals surface area contributed by atoms with E-state index in [1.165, 1.54) is 11.8 Å². The van der Waals surface area contributed by atoms with Crippen LogP contribution < -0.4 is 0 Å². The number of para-hydroxylation sites is 1. The van der Waals surface area contributed by atoms with Crippen LogP contribution in [-0.2, 0) is 9.53 Å². The molecule has 2 aromatic heterocycles. The molecule has 2 atom stereocenters. The predicted molar refractivity (Wildman–Crippen MR) is 93.6 cm³/mol. The number of aromatic nitrogens is 3. The van der Waals surface area contributed by atoms with Crippen molar-refractivity contribution in [1.82, 2.24) is 14.8 Å². The van der Waals surface area contributed by atoms with Crippen LogP contribution in [0.2, 0.25) is 0 Å². The Morgan fingerprint density at radius 3 is 2.64 bits per heavy atom. The van der Waals surface area contributed by atoms with Crippen molar-refractivity contribution in [2.75, 3.05) is 0 Å². The van der Waals surface area contributed by atoms with E-state index in [0.29, 0.717) is 17.4 Å². The van der Waals surface area contributed by atoms with Gasteiger partial charge in [0.15, 0.2) is 11.0 Å². The zero-order valence-electron chi connectivity index (χ0n) is 13.9. The molecule has 1 fully saturated rings. The van der Waals surface area contributed by atoms with Gasteiger partial charge in [0.1, 0.15) is 17.1 Å². The Morgan fingerprint density at radius 1 is 1.20 bits per heavy atom. The SMILES string of the molecule is Cc1occc1-c1nnc(S[C@@H]2C[C@@H](C)OC2=O)n1-c1ccccc1. The lowest BCUT2D eigenvalue weighted by molar-refractivity contribution is -0.140. The van der Waals surface area contributed by atoms with Gasteiger partial charge in [0.25, 0.3) is 0 Å². The van der Waals surface area contributed by atoms with Crippen molar-refractivity contribution in [1.29, 1.82) is 0 Å². The maximum Gasteiger partial charge on any atom is 0.319 e. The van der Waals surface area contributed by atoms with E-state index in [0.717, 1.165) is 17.0 Å². The fourth-order valence-corrected chi connectivity index (χ4v) is 4.05. The van der Waals surface area contributed by atoms with E-state index in [2.05, 4.69) is 10.2 Å². The van der Waals surface area contributed by atoms with Crippen LogP contribution in [-0.4, -0.2) is 32.1 Å². The molecule has 3 aromatic rings. The summed E-state index contributed by atoms with van der Waals surface area (Å²) < 4.78 is 12.6. The van der Waals surface area contributed by atoms with E-state index in [1.54, 1.807) is 6.26 Å². The summed E-state index contributed by atoms with van der Waals surface area (Å²) in [5.74, 6) is 1.27. The van der Waals surface area contributed by atoms with Crippen molar-refractivity contribution < 1.29 is 13.9 Å². The third-order valence-electron chi connectivity index (χ3n) is 4.12. The quantitative estimate of drug-likeness (QED) is 0.666. The molecule has 0 amide bonds. The third-order valence-corrected chi connectivity index (χ3v) is 5.27. The monoisotopic (exact) mass is 355 g/mol. The highest BCUT2D eigenvalue weighted by Crippen LogP contribution is 2.35. The normalized spacial score (nSPS) is 20.0. The van der Waals surface area contributed by atoms with Gasteiger partial charge < -0.3 is 9.15 Å². The van der Waals surface area contributed by atoms with Gasteiger partial charge in [-0.15, -0.1) is 10.2 Å². The number of nitrogens with zero attached hydrogens (tertiary/aromatic N) is 3. The summed E-state index contributed by atoms with van der Waals surface area (Å²) in [6.45, 7) is 3.79. The zero-order chi connectivity index (χ0) is 17.4. The fourth-order valence-electron chi connectivity index (χ4n) is 2.89. The van der Waals surface area contributed by atoms with Crippen molar-refractivity contribution in [3.05, 3.63) is 48.4 Å². The second-order valence-electron chi connectivity index (χ2n) is 5.96. The minimum atomic E-state index is -0.264. The number of thioether (sulfide) groups is 1. The van der Waals surface area contributed by atoms with E-state index < -0.39 is 0 Å². The lowest BCUT2D eigenvalue weighted by Gasteiger charge is -2.11. The molecule has 0 saturated carbocycles. The number of benzene rings is 1. The number of rotatable bonds is 4. The molecule has 6 nitrogen and oxygen atoms in total. The molecule has 1 aliphatic rings.